The van der Waals surface area contributed by atoms with Crippen molar-refractivity contribution in [3.63, 3.8) is 0 Å². The van der Waals surface area contributed by atoms with E-state index in [2.05, 4.69) is 100 Å². The Morgan fingerprint density at radius 1 is 1.00 bits per heavy atom. The fraction of sp³-hybridized carbons (Fsp3) is 0.811. The molecule has 0 radical (unpaired) electrons. The molecule has 0 N–H and O–H groups in total. The van der Waals surface area contributed by atoms with Crippen molar-refractivity contribution in [2.24, 2.45) is 23.2 Å². The summed E-state index contributed by atoms with van der Waals surface area (Å²) >= 11 is 0. The summed E-state index contributed by atoms with van der Waals surface area (Å²) in [6.45, 7) is 33.2. The van der Waals surface area contributed by atoms with Gasteiger partial charge in [-0.05, 0) is 116 Å². The zero-order valence-corrected chi connectivity index (χ0v) is 31.6. The van der Waals surface area contributed by atoms with E-state index in [1.807, 2.05) is 0 Å². The summed E-state index contributed by atoms with van der Waals surface area (Å²) in [6.07, 6.45) is 17.5. The minimum absolute atomic E-state index is 0.0266. The number of carbonyl (C=O) groups excluding carboxylic acids is 1. The largest absolute Gasteiger partial charge is 0.413 e. The number of carbonyl (C=O) groups is 1. The molecular formula is C37H66O3Si2. The highest BCUT2D eigenvalue weighted by Crippen LogP contribution is 2.60. The average molecular weight is 615 g/mol. The molecule has 0 saturated heterocycles. The highest BCUT2D eigenvalue weighted by molar-refractivity contribution is 6.74. The highest BCUT2D eigenvalue weighted by Gasteiger charge is 2.50. The van der Waals surface area contributed by atoms with Crippen molar-refractivity contribution in [3.8, 4) is 0 Å². The number of allylic oxidation sites excluding steroid dienone is 3. The molecule has 42 heavy (non-hydrogen) atoms. The fourth-order valence-corrected chi connectivity index (χ4v) is 10.4. The standard InChI is InChI=1S/C37H66O3Si2/c1-27(17-14-15-24-38)32-21-22-33-29(18-16-23-37(32,33)9)19-20-30-25-31(39-41(10,11)35(3,4)5)26-34(28(30)2)40-42(12,13)36(6,7)8/h19-20,24,27,31-34H,2,14-18,21-23,25-26H2,1,3-13H3/b29-19+,30-20-/t27-,31-,32-,33+,34+,37-/m1/s1. The van der Waals surface area contributed by atoms with Crippen LogP contribution in [-0.2, 0) is 13.6 Å². The SMILES string of the molecule is C=C1/C(=C\C=C2/CCC[C@]3(C)[C@@H]([C@H](C)CCCC=O)CC[C@@H]23)C[C@@H](O[Si](C)(C)C(C)(C)C)C[C@@H]1O[Si](C)(C)C(C)(C)C. The van der Waals surface area contributed by atoms with Crippen LogP contribution in [0.1, 0.15) is 120 Å². The summed E-state index contributed by atoms with van der Waals surface area (Å²) in [4.78, 5) is 10.9. The van der Waals surface area contributed by atoms with Gasteiger partial charge in [-0.2, -0.15) is 0 Å². The van der Waals surface area contributed by atoms with E-state index in [0.717, 1.165) is 31.5 Å². The molecule has 3 nitrogen and oxygen atoms in total. The molecule has 3 aliphatic rings. The molecule has 0 aromatic rings. The lowest BCUT2D eigenvalue weighted by Gasteiger charge is -2.46. The molecule has 3 saturated carbocycles. The predicted molar refractivity (Wildman–Crippen MR) is 186 cm³/mol. The molecule has 0 spiro atoms. The van der Waals surface area contributed by atoms with Gasteiger partial charge in [0.15, 0.2) is 16.6 Å². The van der Waals surface area contributed by atoms with E-state index in [-0.39, 0.29) is 22.3 Å². The van der Waals surface area contributed by atoms with E-state index in [1.165, 1.54) is 49.7 Å². The zero-order valence-electron chi connectivity index (χ0n) is 29.6. The van der Waals surface area contributed by atoms with Crippen molar-refractivity contribution in [1.82, 2.24) is 0 Å². The van der Waals surface area contributed by atoms with Gasteiger partial charge in [-0.25, -0.2) is 0 Å². The number of aldehydes is 1. The normalized spacial score (nSPS) is 32.3. The third-order valence-corrected chi connectivity index (χ3v) is 21.5. The van der Waals surface area contributed by atoms with Crippen LogP contribution in [0.4, 0.5) is 0 Å². The van der Waals surface area contributed by atoms with Crippen molar-refractivity contribution in [2.75, 3.05) is 0 Å². The molecule has 0 unspecified atom stereocenters. The Hall–Kier alpha value is -0.756. The zero-order chi connectivity index (χ0) is 31.7. The van der Waals surface area contributed by atoms with Crippen molar-refractivity contribution < 1.29 is 13.6 Å². The van der Waals surface area contributed by atoms with Crippen LogP contribution >= 0.6 is 0 Å². The molecule has 0 amide bonds. The number of fused-ring (bicyclic) bond motifs is 1. The van der Waals surface area contributed by atoms with E-state index in [9.17, 15) is 4.79 Å². The van der Waals surface area contributed by atoms with Crippen LogP contribution in [0.2, 0.25) is 36.3 Å². The van der Waals surface area contributed by atoms with E-state index in [1.54, 1.807) is 5.57 Å². The monoisotopic (exact) mass is 614 g/mol. The predicted octanol–water partition coefficient (Wildman–Crippen LogP) is 11.2. The van der Waals surface area contributed by atoms with Crippen LogP contribution in [0.15, 0.2) is 35.5 Å². The summed E-state index contributed by atoms with van der Waals surface area (Å²) in [5.74, 6) is 2.13. The van der Waals surface area contributed by atoms with E-state index >= 15 is 0 Å². The molecule has 6 atom stereocenters. The van der Waals surface area contributed by atoms with Crippen LogP contribution in [0.3, 0.4) is 0 Å². The molecular weight excluding hydrogens is 549 g/mol. The Bertz CT molecular complexity index is 1020. The van der Waals surface area contributed by atoms with Gasteiger partial charge in [0.1, 0.15) is 6.29 Å². The van der Waals surface area contributed by atoms with Gasteiger partial charge in [0.25, 0.3) is 0 Å². The van der Waals surface area contributed by atoms with E-state index in [4.69, 9.17) is 8.85 Å². The van der Waals surface area contributed by atoms with E-state index < -0.39 is 16.6 Å². The summed E-state index contributed by atoms with van der Waals surface area (Å²) in [5.41, 5.74) is 4.55. The lowest BCUT2D eigenvalue weighted by Crippen LogP contribution is -2.49. The fourth-order valence-electron chi connectivity index (χ4n) is 7.70. The van der Waals surface area contributed by atoms with Crippen LogP contribution in [0, 0.1) is 23.2 Å². The maximum Gasteiger partial charge on any atom is 0.192 e. The van der Waals surface area contributed by atoms with Gasteiger partial charge in [0.05, 0.1) is 12.2 Å². The van der Waals surface area contributed by atoms with Crippen molar-refractivity contribution in [3.05, 3.63) is 35.5 Å². The molecule has 0 aliphatic heterocycles. The Balaban J connectivity index is 1.89. The van der Waals surface area contributed by atoms with Gasteiger partial charge in [0.2, 0.25) is 0 Å². The van der Waals surface area contributed by atoms with Crippen LogP contribution in [0.25, 0.3) is 0 Å². The summed E-state index contributed by atoms with van der Waals surface area (Å²) in [7, 11) is -3.89. The third-order valence-electron chi connectivity index (χ3n) is 12.4. The Labute approximate surface area is 262 Å². The topological polar surface area (TPSA) is 35.5 Å². The Morgan fingerprint density at radius 2 is 1.62 bits per heavy atom. The van der Waals surface area contributed by atoms with Crippen molar-refractivity contribution >= 4 is 22.9 Å². The van der Waals surface area contributed by atoms with Gasteiger partial charge < -0.3 is 13.6 Å². The molecule has 240 valence electrons. The average Bonchev–Trinajstić information content (AvgIpc) is 3.21. The molecule has 0 aromatic carbocycles. The van der Waals surface area contributed by atoms with Gasteiger partial charge in [-0.15, -0.1) is 0 Å². The van der Waals surface area contributed by atoms with Gasteiger partial charge in [0, 0.05) is 12.8 Å². The third kappa shape index (κ3) is 7.90. The lowest BCUT2D eigenvalue weighted by molar-refractivity contribution is -0.108. The second-order valence-electron chi connectivity index (χ2n) is 17.4. The number of unbranched alkanes of at least 4 members (excludes halogenated alkanes) is 1. The second kappa shape index (κ2) is 13.3. The van der Waals surface area contributed by atoms with Crippen LogP contribution in [0.5, 0.6) is 0 Å². The minimum atomic E-state index is -1.97. The van der Waals surface area contributed by atoms with Crippen molar-refractivity contribution in [1.29, 1.82) is 0 Å². The smallest absolute Gasteiger partial charge is 0.192 e. The first kappa shape index (κ1) is 35.7. The lowest BCUT2D eigenvalue weighted by atomic mass is 9.60. The molecule has 0 bridgehead atoms. The molecule has 3 rings (SSSR count). The van der Waals surface area contributed by atoms with Crippen molar-refractivity contribution in [2.45, 2.75) is 168 Å². The Kier molecular flexibility index (Phi) is 11.3. The van der Waals surface area contributed by atoms with Crippen LogP contribution < -0.4 is 0 Å². The van der Waals surface area contributed by atoms with Gasteiger partial charge in [-0.1, -0.05) is 86.1 Å². The summed E-state index contributed by atoms with van der Waals surface area (Å²) in [6, 6.07) is 0. The first-order valence-corrected chi connectivity index (χ1v) is 22.9. The summed E-state index contributed by atoms with van der Waals surface area (Å²) < 4.78 is 14.1. The number of hydrogen-bond donors (Lipinski definition) is 0. The first-order chi connectivity index (χ1) is 19.2. The maximum absolute atomic E-state index is 10.9. The quantitative estimate of drug-likeness (QED) is 0.139. The molecule has 0 aromatic heterocycles. The molecule has 3 aliphatic carbocycles. The minimum Gasteiger partial charge on any atom is -0.413 e. The van der Waals surface area contributed by atoms with Gasteiger partial charge in [-0.3, -0.25) is 0 Å². The summed E-state index contributed by atoms with van der Waals surface area (Å²) in [5, 5.41) is 0.335. The van der Waals surface area contributed by atoms with E-state index in [0.29, 0.717) is 23.7 Å². The molecule has 3 fully saturated rings. The number of hydrogen-bond acceptors (Lipinski definition) is 3. The first-order valence-electron chi connectivity index (χ1n) is 17.1. The van der Waals surface area contributed by atoms with Gasteiger partial charge >= 0.3 is 0 Å². The highest BCUT2D eigenvalue weighted by atomic mass is 28.4. The van der Waals surface area contributed by atoms with Crippen LogP contribution in [-0.4, -0.2) is 35.1 Å². The number of rotatable bonds is 10. The molecule has 0 heterocycles. The Morgan fingerprint density at radius 3 is 2.21 bits per heavy atom. The maximum atomic E-state index is 10.9. The molecule has 5 heteroatoms. The second-order valence-corrected chi connectivity index (χ2v) is 26.9.